The molecule has 1 aromatic heterocycles. The molecule has 0 spiro atoms. The molecule has 0 bridgehead atoms. The Bertz CT molecular complexity index is 388. The molecule has 0 radical (unpaired) electrons. The highest BCUT2D eigenvalue weighted by molar-refractivity contribution is 6.35. The molecule has 6 heteroatoms. The molecule has 2 rings (SSSR count). The van der Waals surface area contributed by atoms with Gasteiger partial charge in [0.05, 0.1) is 6.10 Å². The zero-order valence-corrected chi connectivity index (χ0v) is 10.3. The number of nitrogens with one attached hydrogen (secondary N) is 1. The summed E-state index contributed by atoms with van der Waals surface area (Å²) in [6.45, 7) is 0.757. The zero-order valence-electron chi connectivity index (χ0n) is 9.56. The van der Waals surface area contributed by atoms with Gasteiger partial charge in [0.2, 0.25) is 0 Å². The molecule has 0 aromatic carbocycles. The van der Waals surface area contributed by atoms with Gasteiger partial charge in [0, 0.05) is 6.54 Å². The fourth-order valence-corrected chi connectivity index (χ4v) is 2.36. The molecule has 4 N–H and O–H groups in total. The molecule has 1 aliphatic carbocycles. The van der Waals surface area contributed by atoms with Gasteiger partial charge in [0.15, 0.2) is 0 Å². The quantitative estimate of drug-likeness (QED) is 0.766. The molecule has 1 heterocycles. The van der Waals surface area contributed by atoms with Crippen LogP contribution in [0.4, 0.5) is 11.6 Å². The summed E-state index contributed by atoms with van der Waals surface area (Å²) in [5, 5.41) is 13.1. The molecule has 1 fully saturated rings. The number of aromatic nitrogens is 2. The fourth-order valence-electron chi connectivity index (χ4n) is 2.20. The first-order valence-electron chi connectivity index (χ1n) is 5.84. The number of aliphatic hydroxyl groups excluding tert-OH is 1. The van der Waals surface area contributed by atoms with Crippen LogP contribution in [0.3, 0.4) is 0 Å². The van der Waals surface area contributed by atoms with Gasteiger partial charge >= 0.3 is 0 Å². The molecule has 17 heavy (non-hydrogen) atoms. The van der Waals surface area contributed by atoms with E-state index in [9.17, 15) is 5.11 Å². The monoisotopic (exact) mass is 256 g/mol. The number of halogens is 1. The number of hydrogen-bond donors (Lipinski definition) is 3. The molecule has 2 unspecified atom stereocenters. The smallest absolute Gasteiger partial charge is 0.150 e. The number of nitrogens with zero attached hydrogens (tertiary/aromatic N) is 2. The van der Waals surface area contributed by atoms with Gasteiger partial charge < -0.3 is 16.2 Å². The molecule has 5 nitrogen and oxygen atoms in total. The second-order valence-electron chi connectivity index (χ2n) is 4.49. The number of hydrogen-bond acceptors (Lipinski definition) is 5. The van der Waals surface area contributed by atoms with Crippen LogP contribution in [0.25, 0.3) is 0 Å². The highest BCUT2D eigenvalue weighted by atomic mass is 35.5. The van der Waals surface area contributed by atoms with E-state index < -0.39 is 0 Å². The summed E-state index contributed by atoms with van der Waals surface area (Å²) in [5.74, 6) is 1.32. The average molecular weight is 257 g/mol. The minimum absolute atomic E-state index is 0.165. The van der Waals surface area contributed by atoms with Gasteiger partial charge in [-0.15, -0.1) is 0 Å². The summed E-state index contributed by atoms with van der Waals surface area (Å²) >= 11 is 5.98. The first-order chi connectivity index (χ1) is 8.16. The molecule has 1 aliphatic rings. The largest absolute Gasteiger partial charge is 0.393 e. The molecule has 2 atom stereocenters. The van der Waals surface area contributed by atoms with Crippen molar-refractivity contribution >= 4 is 23.2 Å². The normalized spacial score (nSPS) is 24.6. The van der Waals surface area contributed by atoms with Crippen LogP contribution in [0.1, 0.15) is 25.7 Å². The lowest BCUT2D eigenvalue weighted by molar-refractivity contribution is 0.104. The SMILES string of the molecule is Nc1ncnc(NCC2CCCC(O)C2)c1Cl. The molecule has 0 amide bonds. The van der Waals surface area contributed by atoms with Crippen molar-refractivity contribution in [3.05, 3.63) is 11.3 Å². The second kappa shape index (κ2) is 5.51. The number of rotatable bonds is 3. The molecule has 0 aliphatic heterocycles. The summed E-state index contributed by atoms with van der Waals surface area (Å²) in [7, 11) is 0. The first-order valence-corrected chi connectivity index (χ1v) is 6.22. The van der Waals surface area contributed by atoms with Gasteiger partial charge in [0.1, 0.15) is 23.0 Å². The number of aliphatic hydroxyl groups is 1. The number of nitrogen functional groups attached to an aromatic ring is 1. The Hall–Kier alpha value is -1.07. The van der Waals surface area contributed by atoms with E-state index in [1.165, 1.54) is 6.33 Å². The summed E-state index contributed by atoms with van der Waals surface area (Å²) in [6.07, 6.45) is 5.18. The Balaban J connectivity index is 1.91. The van der Waals surface area contributed by atoms with E-state index in [1.807, 2.05) is 0 Å². The Morgan fingerprint density at radius 1 is 1.47 bits per heavy atom. The topological polar surface area (TPSA) is 84.1 Å². The van der Waals surface area contributed by atoms with Gasteiger partial charge in [0.25, 0.3) is 0 Å². The summed E-state index contributed by atoms with van der Waals surface area (Å²) in [4.78, 5) is 7.85. The highest BCUT2D eigenvalue weighted by Crippen LogP contribution is 2.27. The zero-order chi connectivity index (χ0) is 12.3. The Morgan fingerprint density at radius 2 is 2.29 bits per heavy atom. The van der Waals surface area contributed by atoms with Crippen molar-refractivity contribution < 1.29 is 5.11 Å². The fraction of sp³-hybridized carbons (Fsp3) is 0.636. The third-order valence-corrected chi connectivity index (χ3v) is 3.50. The minimum atomic E-state index is -0.165. The van der Waals surface area contributed by atoms with Crippen LogP contribution in [-0.2, 0) is 0 Å². The Kier molecular flexibility index (Phi) is 4.02. The van der Waals surface area contributed by atoms with E-state index in [2.05, 4.69) is 15.3 Å². The second-order valence-corrected chi connectivity index (χ2v) is 4.87. The Labute approximate surface area is 105 Å². The highest BCUT2D eigenvalue weighted by Gasteiger charge is 2.20. The maximum Gasteiger partial charge on any atom is 0.150 e. The summed E-state index contributed by atoms with van der Waals surface area (Å²) < 4.78 is 0. The van der Waals surface area contributed by atoms with Crippen LogP contribution < -0.4 is 11.1 Å². The molecule has 1 aromatic rings. The van der Waals surface area contributed by atoms with Crippen molar-refractivity contribution in [3.63, 3.8) is 0 Å². The predicted molar refractivity (Wildman–Crippen MR) is 67.9 cm³/mol. The lowest BCUT2D eigenvalue weighted by Crippen LogP contribution is -2.25. The van der Waals surface area contributed by atoms with E-state index in [1.54, 1.807) is 0 Å². The predicted octanol–water partition coefficient (Wildman–Crippen LogP) is 1.68. The molecular formula is C11H17ClN4O. The van der Waals surface area contributed by atoms with Gasteiger partial charge in [-0.25, -0.2) is 9.97 Å². The average Bonchev–Trinajstić information content (AvgIpc) is 2.31. The van der Waals surface area contributed by atoms with E-state index in [0.29, 0.717) is 16.8 Å². The third-order valence-electron chi connectivity index (χ3n) is 3.13. The minimum Gasteiger partial charge on any atom is -0.393 e. The van der Waals surface area contributed by atoms with Gasteiger partial charge in [-0.2, -0.15) is 0 Å². The van der Waals surface area contributed by atoms with E-state index in [0.717, 1.165) is 32.2 Å². The van der Waals surface area contributed by atoms with Crippen molar-refractivity contribution in [2.24, 2.45) is 5.92 Å². The van der Waals surface area contributed by atoms with E-state index in [4.69, 9.17) is 17.3 Å². The van der Waals surface area contributed by atoms with Crippen LogP contribution in [0, 0.1) is 5.92 Å². The third kappa shape index (κ3) is 3.20. The van der Waals surface area contributed by atoms with Crippen LogP contribution in [0.5, 0.6) is 0 Å². The van der Waals surface area contributed by atoms with Crippen molar-refractivity contribution in [2.75, 3.05) is 17.6 Å². The van der Waals surface area contributed by atoms with E-state index in [-0.39, 0.29) is 11.9 Å². The summed E-state index contributed by atoms with van der Waals surface area (Å²) in [5.41, 5.74) is 5.59. The van der Waals surface area contributed by atoms with Crippen molar-refractivity contribution in [2.45, 2.75) is 31.8 Å². The molecule has 1 saturated carbocycles. The van der Waals surface area contributed by atoms with Crippen molar-refractivity contribution in [3.8, 4) is 0 Å². The maximum absolute atomic E-state index is 9.58. The van der Waals surface area contributed by atoms with Gasteiger partial charge in [-0.05, 0) is 25.2 Å². The van der Waals surface area contributed by atoms with Crippen LogP contribution in [0.15, 0.2) is 6.33 Å². The number of nitrogens with two attached hydrogens (primary N) is 1. The lowest BCUT2D eigenvalue weighted by atomic mass is 9.87. The van der Waals surface area contributed by atoms with Gasteiger partial charge in [-0.1, -0.05) is 18.0 Å². The molecule has 0 saturated heterocycles. The van der Waals surface area contributed by atoms with E-state index >= 15 is 0 Å². The van der Waals surface area contributed by atoms with Crippen LogP contribution in [0.2, 0.25) is 5.02 Å². The van der Waals surface area contributed by atoms with Crippen LogP contribution >= 0.6 is 11.6 Å². The van der Waals surface area contributed by atoms with Crippen molar-refractivity contribution in [1.29, 1.82) is 0 Å². The molecular weight excluding hydrogens is 240 g/mol. The lowest BCUT2D eigenvalue weighted by Gasteiger charge is -2.26. The molecule has 94 valence electrons. The maximum atomic E-state index is 9.58. The summed E-state index contributed by atoms with van der Waals surface area (Å²) in [6, 6.07) is 0. The first kappa shape index (κ1) is 12.4. The van der Waals surface area contributed by atoms with Crippen molar-refractivity contribution in [1.82, 2.24) is 9.97 Å². The van der Waals surface area contributed by atoms with Crippen LogP contribution in [-0.4, -0.2) is 27.7 Å². The number of anilines is 2. The van der Waals surface area contributed by atoms with Gasteiger partial charge in [-0.3, -0.25) is 0 Å². The Morgan fingerprint density at radius 3 is 3.06 bits per heavy atom. The standard InChI is InChI=1S/C11H17ClN4O/c12-9-10(13)15-6-16-11(9)14-5-7-2-1-3-8(17)4-7/h6-8,17H,1-5H2,(H3,13,14,15,16).